The van der Waals surface area contributed by atoms with Gasteiger partial charge in [-0.05, 0) is 36.6 Å². The molecule has 24 heavy (non-hydrogen) atoms. The number of rotatable bonds is 3. The van der Waals surface area contributed by atoms with Crippen molar-refractivity contribution in [3.8, 4) is 0 Å². The number of benzene rings is 1. The van der Waals surface area contributed by atoms with Gasteiger partial charge in [0.25, 0.3) is 5.91 Å². The minimum Gasteiger partial charge on any atom is -0.336 e. The van der Waals surface area contributed by atoms with Crippen LogP contribution in [0, 0.1) is 12.8 Å². The number of nitrogens with two attached hydrogens (primary N) is 1. The monoisotopic (exact) mass is 367 g/mol. The van der Waals surface area contributed by atoms with Crippen molar-refractivity contribution in [2.45, 2.75) is 12.8 Å². The normalized spacial score (nSPS) is 19.3. The molecule has 6 heteroatoms. The van der Waals surface area contributed by atoms with Gasteiger partial charge in [0.15, 0.2) is 0 Å². The van der Waals surface area contributed by atoms with Crippen molar-refractivity contribution in [3.63, 3.8) is 0 Å². The molecule has 1 fully saturated rings. The molecular formula is C18H23Cl2N3O. The number of amides is 1. The molecule has 1 aromatic heterocycles. The maximum absolute atomic E-state index is 12.7. The summed E-state index contributed by atoms with van der Waals surface area (Å²) in [7, 11) is 0. The first kappa shape index (κ1) is 20.4. The van der Waals surface area contributed by atoms with Gasteiger partial charge in [-0.15, -0.1) is 24.8 Å². The van der Waals surface area contributed by atoms with Gasteiger partial charge in [-0.3, -0.25) is 9.78 Å². The molecule has 1 amide bonds. The largest absolute Gasteiger partial charge is 0.336 e. The molecule has 1 saturated heterocycles. The molecule has 130 valence electrons. The number of aryl methyl sites for hydroxylation is 1. The van der Waals surface area contributed by atoms with E-state index in [1.807, 2.05) is 42.2 Å². The van der Waals surface area contributed by atoms with E-state index in [1.165, 1.54) is 5.56 Å². The highest BCUT2D eigenvalue weighted by Crippen LogP contribution is 2.32. The first-order chi connectivity index (χ1) is 10.7. The van der Waals surface area contributed by atoms with E-state index in [0.29, 0.717) is 37.2 Å². The second-order valence-corrected chi connectivity index (χ2v) is 5.89. The van der Waals surface area contributed by atoms with E-state index in [1.54, 1.807) is 6.20 Å². The summed E-state index contributed by atoms with van der Waals surface area (Å²) in [5.74, 6) is 0.615. The molecule has 3 rings (SSSR count). The molecule has 2 atom stereocenters. The molecule has 1 aliphatic heterocycles. The van der Waals surface area contributed by atoms with Crippen molar-refractivity contribution in [1.82, 2.24) is 9.88 Å². The van der Waals surface area contributed by atoms with E-state index in [9.17, 15) is 4.79 Å². The number of likely N-dealkylation sites (tertiary alicyclic amines) is 1. The average Bonchev–Trinajstić information content (AvgIpc) is 3.00. The van der Waals surface area contributed by atoms with Crippen LogP contribution < -0.4 is 5.73 Å². The summed E-state index contributed by atoms with van der Waals surface area (Å²) in [5.41, 5.74) is 8.66. The van der Waals surface area contributed by atoms with Gasteiger partial charge in [-0.25, -0.2) is 0 Å². The minimum atomic E-state index is 0. The highest BCUT2D eigenvalue weighted by atomic mass is 35.5. The van der Waals surface area contributed by atoms with Gasteiger partial charge >= 0.3 is 0 Å². The molecule has 2 heterocycles. The van der Waals surface area contributed by atoms with Crippen LogP contribution in [-0.4, -0.2) is 35.4 Å². The van der Waals surface area contributed by atoms with Crippen molar-refractivity contribution in [3.05, 3.63) is 65.5 Å². The SMILES string of the molecule is Cc1cccnc1C(=O)N1C[C@@H](CN)[C@H](c2ccccc2)C1.Cl.Cl. The smallest absolute Gasteiger partial charge is 0.272 e. The molecule has 0 saturated carbocycles. The summed E-state index contributed by atoms with van der Waals surface area (Å²) in [6, 6.07) is 14.1. The molecule has 0 radical (unpaired) electrons. The second kappa shape index (κ2) is 9.02. The van der Waals surface area contributed by atoms with E-state index in [0.717, 1.165) is 5.56 Å². The summed E-state index contributed by atoms with van der Waals surface area (Å²) < 4.78 is 0. The van der Waals surface area contributed by atoms with Gasteiger partial charge in [0.2, 0.25) is 0 Å². The van der Waals surface area contributed by atoms with Gasteiger partial charge < -0.3 is 10.6 Å². The highest BCUT2D eigenvalue weighted by molar-refractivity contribution is 5.93. The molecular weight excluding hydrogens is 345 g/mol. The maximum atomic E-state index is 12.7. The van der Waals surface area contributed by atoms with Crippen LogP contribution in [0.3, 0.4) is 0 Å². The Hall–Kier alpha value is -1.62. The van der Waals surface area contributed by atoms with E-state index < -0.39 is 0 Å². The Morgan fingerprint density at radius 2 is 1.88 bits per heavy atom. The van der Waals surface area contributed by atoms with Gasteiger partial charge in [0, 0.05) is 25.2 Å². The van der Waals surface area contributed by atoms with Crippen LogP contribution in [0.5, 0.6) is 0 Å². The summed E-state index contributed by atoms with van der Waals surface area (Å²) in [6.07, 6.45) is 1.67. The van der Waals surface area contributed by atoms with Crippen LogP contribution in [0.15, 0.2) is 48.7 Å². The van der Waals surface area contributed by atoms with Crippen LogP contribution in [-0.2, 0) is 0 Å². The Morgan fingerprint density at radius 1 is 1.17 bits per heavy atom. The third-order valence-electron chi connectivity index (χ3n) is 4.47. The Morgan fingerprint density at radius 3 is 2.50 bits per heavy atom. The van der Waals surface area contributed by atoms with E-state index in [4.69, 9.17) is 5.73 Å². The minimum absolute atomic E-state index is 0. The summed E-state index contributed by atoms with van der Waals surface area (Å²) in [6.45, 7) is 3.92. The Balaban J connectivity index is 0.00000144. The lowest BCUT2D eigenvalue weighted by Crippen LogP contribution is -2.31. The van der Waals surface area contributed by atoms with E-state index in [-0.39, 0.29) is 30.7 Å². The predicted molar refractivity (Wildman–Crippen MR) is 101 cm³/mol. The summed E-state index contributed by atoms with van der Waals surface area (Å²) in [5, 5.41) is 0. The number of carbonyl (C=O) groups excluding carboxylic acids is 1. The molecule has 0 aliphatic carbocycles. The van der Waals surface area contributed by atoms with E-state index >= 15 is 0 Å². The zero-order valence-corrected chi connectivity index (χ0v) is 15.2. The number of hydrogen-bond donors (Lipinski definition) is 1. The van der Waals surface area contributed by atoms with Crippen molar-refractivity contribution < 1.29 is 4.79 Å². The lowest BCUT2D eigenvalue weighted by Gasteiger charge is -2.17. The molecule has 1 aromatic carbocycles. The molecule has 1 aliphatic rings. The molecule has 4 nitrogen and oxygen atoms in total. The zero-order chi connectivity index (χ0) is 15.5. The predicted octanol–water partition coefficient (Wildman–Crippen LogP) is 3.05. The van der Waals surface area contributed by atoms with Crippen LogP contribution in [0.1, 0.15) is 27.5 Å². The Bertz CT molecular complexity index is 666. The highest BCUT2D eigenvalue weighted by Gasteiger charge is 2.36. The summed E-state index contributed by atoms with van der Waals surface area (Å²) in [4.78, 5) is 18.9. The van der Waals surface area contributed by atoms with Crippen molar-refractivity contribution in [2.24, 2.45) is 11.7 Å². The molecule has 2 aromatic rings. The third kappa shape index (κ3) is 4.07. The van der Waals surface area contributed by atoms with E-state index in [2.05, 4.69) is 17.1 Å². The molecule has 0 bridgehead atoms. The number of aromatic nitrogens is 1. The summed E-state index contributed by atoms with van der Waals surface area (Å²) >= 11 is 0. The molecule has 2 N–H and O–H groups in total. The molecule has 0 spiro atoms. The second-order valence-electron chi connectivity index (χ2n) is 5.89. The lowest BCUT2D eigenvalue weighted by molar-refractivity contribution is 0.0780. The van der Waals surface area contributed by atoms with Crippen LogP contribution in [0.4, 0.5) is 0 Å². The fourth-order valence-corrected chi connectivity index (χ4v) is 3.21. The zero-order valence-electron chi connectivity index (χ0n) is 13.6. The number of carbonyl (C=O) groups is 1. The quantitative estimate of drug-likeness (QED) is 0.906. The van der Waals surface area contributed by atoms with Crippen LogP contribution in [0.2, 0.25) is 0 Å². The van der Waals surface area contributed by atoms with Crippen molar-refractivity contribution >= 4 is 30.7 Å². The number of hydrogen-bond acceptors (Lipinski definition) is 3. The average molecular weight is 368 g/mol. The fraction of sp³-hybridized carbons (Fsp3) is 0.333. The standard InChI is InChI=1S/C18H21N3O.2ClH/c1-13-6-5-9-20-17(13)18(22)21-11-15(10-19)16(12-21)14-7-3-2-4-8-14;;/h2-9,15-16H,10-12,19H2,1H3;2*1H/t15-,16+;;/m1../s1. The first-order valence-corrected chi connectivity index (χ1v) is 7.66. The molecule has 0 unspecified atom stereocenters. The number of nitrogens with zero attached hydrogens (tertiary/aromatic N) is 2. The Kier molecular flexibility index (Phi) is 7.67. The fourth-order valence-electron chi connectivity index (χ4n) is 3.21. The van der Waals surface area contributed by atoms with Crippen molar-refractivity contribution in [2.75, 3.05) is 19.6 Å². The number of pyridine rings is 1. The first-order valence-electron chi connectivity index (χ1n) is 7.66. The number of halogens is 2. The third-order valence-corrected chi connectivity index (χ3v) is 4.47. The van der Waals surface area contributed by atoms with Gasteiger partial charge in [-0.2, -0.15) is 0 Å². The van der Waals surface area contributed by atoms with Gasteiger partial charge in [0.1, 0.15) is 5.69 Å². The topological polar surface area (TPSA) is 59.2 Å². The van der Waals surface area contributed by atoms with Gasteiger partial charge in [0.05, 0.1) is 0 Å². The van der Waals surface area contributed by atoms with Crippen LogP contribution >= 0.6 is 24.8 Å². The lowest BCUT2D eigenvalue weighted by atomic mass is 9.89. The maximum Gasteiger partial charge on any atom is 0.272 e. The van der Waals surface area contributed by atoms with Crippen LogP contribution in [0.25, 0.3) is 0 Å². The Labute approximate surface area is 155 Å². The van der Waals surface area contributed by atoms with Gasteiger partial charge in [-0.1, -0.05) is 36.4 Å². The van der Waals surface area contributed by atoms with Crippen molar-refractivity contribution in [1.29, 1.82) is 0 Å².